The molecule has 0 radical (unpaired) electrons. The Morgan fingerprint density at radius 1 is 1.18 bits per heavy atom. The normalized spacial score (nSPS) is 17.9. The maximum atomic E-state index is 2.43. The monoisotopic (exact) mass is 209 g/mol. The van der Waals surface area contributed by atoms with Gasteiger partial charge in [0.1, 0.15) is 0 Å². The summed E-state index contributed by atoms with van der Waals surface area (Å²) in [6.45, 7) is 2.38. The van der Waals surface area contributed by atoms with Crippen LogP contribution in [-0.2, 0) is 13.0 Å². The summed E-state index contributed by atoms with van der Waals surface area (Å²) < 4.78 is 2.43. The number of hydrogen-bond donors (Lipinski definition) is 0. The van der Waals surface area contributed by atoms with Gasteiger partial charge in [0.05, 0.1) is 0 Å². The Morgan fingerprint density at radius 2 is 1.91 bits per heavy atom. The molecule has 58 valence electrons. The van der Waals surface area contributed by atoms with E-state index in [-0.39, 0.29) is 0 Å². The molecule has 1 aliphatic heterocycles. The van der Waals surface area contributed by atoms with Gasteiger partial charge in [0.2, 0.25) is 0 Å². The molecule has 0 spiro atoms. The van der Waals surface area contributed by atoms with Crippen LogP contribution in [0.1, 0.15) is 11.1 Å². The quantitative estimate of drug-likeness (QED) is 0.565. The second-order valence-corrected chi connectivity index (χ2v) is 4.52. The fraction of sp³-hybridized carbons (Fsp3) is 0.333. The SMILES string of the molecule is [AsH2]N1CCc2ccccc2C1. The topological polar surface area (TPSA) is 3.24 Å². The molecule has 2 heteroatoms. The number of fused-ring (bicyclic) bond motifs is 1. The molecule has 0 saturated carbocycles. The zero-order valence-electron chi connectivity index (χ0n) is 6.46. The van der Waals surface area contributed by atoms with Crippen molar-refractivity contribution in [3.63, 3.8) is 0 Å². The van der Waals surface area contributed by atoms with Crippen molar-refractivity contribution in [2.75, 3.05) is 6.54 Å². The second-order valence-electron chi connectivity index (χ2n) is 2.99. The van der Waals surface area contributed by atoms with Crippen molar-refractivity contribution in [3.8, 4) is 0 Å². The van der Waals surface area contributed by atoms with Crippen molar-refractivity contribution in [3.05, 3.63) is 35.4 Å². The van der Waals surface area contributed by atoms with Crippen LogP contribution in [0.3, 0.4) is 0 Å². The molecule has 0 aromatic heterocycles. The second kappa shape index (κ2) is 3.00. The Labute approximate surface area is 76.1 Å². The van der Waals surface area contributed by atoms with Crippen molar-refractivity contribution in [1.82, 2.24) is 3.82 Å². The van der Waals surface area contributed by atoms with Gasteiger partial charge < -0.3 is 0 Å². The summed E-state index contributed by atoms with van der Waals surface area (Å²) in [6.07, 6.45) is 1.23. The molecule has 1 aliphatic rings. The molecule has 1 unspecified atom stereocenters. The fourth-order valence-corrected chi connectivity index (χ4v) is 2.20. The average Bonchev–Trinajstić information content (AvgIpc) is 2.04. The molecule has 1 aromatic rings. The molecule has 1 atom stereocenters. The first-order chi connectivity index (χ1) is 5.36. The third kappa shape index (κ3) is 1.50. The molecule has 0 aliphatic carbocycles. The number of rotatable bonds is 0. The standard InChI is InChI=1S/C9H12AsN/c10-11-6-5-8-3-1-2-4-9(8)7-11/h1-4H,5-7,10H2. The number of hydrogen-bond acceptors (Lipinski definition) is 1. The van der Waals surface area contributed by atoms with Crippen molar-refractivity contribution >= 4 is 17.1 Å². The van der Waals surface area contributed by atoms with Gasteiger partial charge in [-0.2, -0.15) is 0 Å². The van der Waals surface area contributed by atoms with E-state index in [0.29, 0.717) is 0 Å². The Bertz CT molecular complexity index is 259. The first-order valence-corrected chi connectivity index (χ1v) is 5.01. The van der Waals surface area contributed by atoms with Crippen LogP contribution in [0.2, 0.25) is 0 Å². The van der Waals surface area contributed by atoms with E-state index >= 15 is 0 Å². The van der Waals surface area contributed by atoms with Gasteiger partial charge in [-0.25, -0.2) is 0 Å². The van der Waals surface area contributed by atoms with Crippen molar-refractivity contribution in [1.29, 1.82) is 0 Å². The molecule has 1 heterocycles. The fourth-order valence-electron chi connectivity index (χ4n) is 1.52. The molecule has 0 N–H and O–H groups in total. The third-order valence-corrected chi connectivity index (χ3v) is 3.08. The molecular formula is C9H12AsN. The number of nitrogens with zero attached hydrogens (tertiary/aromatic N) is 1. The molecule has 0 bridgehead atoms. The van der Waals surface area contributed by atoms with E-state index in [0.717, 1.165) is 6.54 Å². The molecule has 11 heavy (non-hydrogen) atoms. The van der Waals surface area contributed by atoms with Crippen molar-refractivity contribution in [2.45, 2.75) is 13.0 Å². The van der Waals surface area contributed by atoms with E-state index in [2.05, 4.69) is 28.1 Å². The Kier molecular flexibility index (Phi) is 2.02. The van der Waals surface area contributed by atoms with Gasteiger partial charge in [-0.3, -0.25) is 0 Å². The van der Waals surface area contributed by atoms with Crippen LogP contribution in [0.4, 0.5) is 0 Å². The number of benzene rings is 1. The van der Waals surface area contributed by atoms with Crippen LogP contribution in [-0.4, -0.2) is 27.4 Å². The third-order valence-electron chi connectivity index (χ3n) is 2.16. The molecular weight excluding hydrogens is 197 g/mol. The average molecular weight is 209 g/mol. The predicted octanol–water partition coefficient (Wildman–Crippen LogP) is 0.593. The zero-order chi connectivity index (χ0) is 7.68. The minimum absolute atomic E-state index is 1.15. The molecule has 1 nitrogen and oxygen atoms in total. The first kappa shape index (κ1) is 7.39. The van der Waals surface area contributed by atoms with Gasteiger partial charge in [-0.05, 0) is 0 Å². The van der Waals surface area contributed by atoms with E-state index in [1.807, 2.05) is 0 Å². The van der Waals surface area contributed by atoms with Gasteiger partial charge in [-0.15, -0.1) is 0 Å². The summed E-state index contributed by atoms with van der Waals surface area (Å²) in [5.74, 6) is 0. The van der Waals surface area contributed by atoms with E-state index < -0.39 is 0 Å². The molecule has 0 saturated heterocycles. The van der Waals surface area contributed by atoms with Crippen molar-refractivity contribution in [2.24, 2.45) is 0 Å². The van der Waals surface area contributed by atoms with Crippen LogP contribution in [0.5, 0.6) is 0 Å². The van der Waals surface area contributed by atoms with Crippen LogP contribution >= 0.6 is 0 Å². The van der Waals surface area contributed by atoms with E-state index in [4.69, 9.17) is 0 Å². The predicted molar refractivity (Wildman–Crippen MR) is 49.1 cm³/mol. The zero-order valence-corrected chi connectivity index (χ0v) is 8.88. The summed E-state index contributed by atoms with van der Waals surface area (Å²) >= 11 is 1.74. The Hall–Kier alpha value is -0.262. The molecule has 1 aromatic carbocycles. The van der Waals surface area contributed by atoms with Gasteiger partial charge in [0, 0.05) is 0 Å². The summed E-state index contributed by atoms with van der Waals surface area (Å²) in [6, 6.07) is 8.75. The van der Waals surface area contributed by atoms with Crippen LogP contribution in [0.15, 0.2) is 24.3 Å². The van der Waals surface area contributed by atoms with Gasteiger partial charge >= 0.3 is 75.8 Å². The van der Waals surface area contributed by atoms with E-state index in [9.17, 15) is 0 Å². The van der Waals surface area contributed by atoms with Gasteiger partial charge in [0.15, 0.2) is 0 Å². The summed E-state index contributed by atoms with van der Waals surface area (Å²) in [7, 11) is 0. The summed E-state index contributed by atoms with van der Waals surface area (Å²) in [5, 5.41) is 0. The molecule has 2 rings (SSSR count). The van der Waals surface area contributed by atoms with Crippen molar-refractivity contribution < 1.29 is 0 Å². The first-order valence-electron chi connectivity index (χ1n) is 3.93. The van der Waals surface area contributed by atoms with E-state index in [1.165, 1.54) is 18.5 Å². The Morgan fingerprint density at radius 3 is 2.73 bits per heavy atom. The van der Waals surface area contributed by atoms with Crippen LogP contribution in [0, 0.1) is 0 Å². The van der Waals surface area contributed by atoms with Gasteiger partial charge in [-0.1, -0.05) is 0 Å². The molecule has 0 amide bonds. The molecule has 0 fully saturated rings. The maximum absolute atomic E-state index is 2.43. The summed E-state index contributed by atoms with van der Waals surface area (Å²) in [4.78, 5) is 0. The summed E-state index contributed by atoms with van der Waals surface area (Å²) in [5.41, 5.74) is 3.06. The minimum atomic E-state index is 1.15. The van der Waals surface area contributed by atoms with Gasteiger partial charge in [0.25, 0.3) is 0 Å². The Balaban J connectivity index is 2.34. The van der Waals surface area contributed by atoms with Crippen LogP contribution in [0.25, 0.3) is 0 Å². The van der Waals surface area contributed by atoms with E-state index in [1.54, 1.807) is 22.6 Å². The van der Waals surface area contributed by atoms with Crippen LogP contribution < -0.4 is 0 Å².